The van der Waals surface area contributed by atoms with Crippen molar-refractivity contribution in [3.8, 4) is 5.88 Å². The number of aromatic nitrogens is 1. The van der Waals surface area contributed by atoms with Crippen molar-refractivity contribution in [2.24, 2.45) is 11.3 Å². The van der Waals surface area contributed by atoms with Crippen LogP contribution in [0.5, 0.6) is 5.88 Å². The highest BCUT2D eigenvalue weighted by molar-refractivity contribution is 5.89. The van der Waals surface area contributed by atoms with E-state index in [0.29, 0.717) is 24.8 Å². The van der Waals surface area contributed by atoms with Crippen molar-refractivity contribution in [2.45, 2.75) is 104 Å². The normalized spacial score (nSPS) is 26.2. The number of ether oxygens (including phenoxy) is 4. The molecule has 2 saturated heterocycles. The van der Waals surface area contributed by atoms with Crippen LogP contribution in [0.4, 0.5) is 0 Å². The molecule has 3 fully saturated rings. The summed E-state index contributed by atoms with van der Waals surface area (Å²) in [5.74, 6) is 0.145. The van der Waals surface area contributed by atoms with E-state index in [1.807, 2.05) is 37.4 Å². The van der Waals surface area contributed by atoms with Crippen LogP contribution < -0.4 is 4.74 Å². The molecule has 42 heavy (non-hydrogen) atoms. The van der Waals surface area contributed by atoms with Gasteiger partial charge in [0.15, 0.2) is 0 Å². The highest BCUT2D eigenvalue weighted by atomic mass is 16.5. The van der Waals surface area contributed by atoms with E-state index in [1.165, 1.54) is 18.4 Å². The third-order valence-corrected chi connectivity index (χ3v) is 8.97. The minimum absolute atomic E-state index is 0.170. The van der Waals surface area contributed by atoms with Crippen molar-refractivity contribution < 1.29 is 28.5 Å². The summed E-state index contributed by atoms with van der Waals surface area (Å²) in [6.45, 7) is 11.2. The summed E-state index contributed by atoms with van der Waals surface area (Å²) in [6.07, 6.45) is 5.61. The van der Waals surface area contributed by atoms with Gasteiger partial charge in [0.05, 0.1) is 32.5 Å². The molecule has 1 saturated carbocycles. The van der Waals surface area contributed by atoms with Crippen molar-refractivity contribution in [3.05, 3.63) is 58.8 Å². The van der Waals surface area contributed by atoms with Crippen LogP contribution in [0, 0.1) is 18.3 Å². The van der Waals surface area contributed by atoms with Crippen molar-refractivity contribution >= 4 is 11.9 Å². The topological polar surface area (TPSA) is 87.2 Å². The number of esters is 1. The monoisotopic (exact) mass is 578 g/mol. The molecule has 0 bridgehead atoms. The zero-order valence-corrected chi connectivity index (χ0v) is 25.9. The molecule has 3 heterocycles. The van der Waals surface area contributed by atoms with E-state index < -0.39 is 35.7 Å². The van der Waals surface area contributed by atoms with E-state index in [1.54, 1.807) is 18.9 Å². The zero-order chi connectivity index (χ0) is 30.0. The molecule has 1 amide bonds. The lowest BCUT2D eigenvalue weighted by molar-refractivity contribution is -0.162. The Morgan fingerprint density at radius 2 is 1.88 bits per heavy atom. The predicted molar refractivity (Wildman–Crippen MR) is 159 cm³/mol. The van der Waals surface area contributed by atoms with Gasteiger partial charge in [-0.1, -0.05) is 45.0 Å². The summed E-state index contributed by atoms with van der Waals surface area (Å²) in [4.78, 5) is 34.6. The SMILES string of the molecule is CCOC(=O)[C@@H]1[C@H](C(C)(C)C)[C@H](OCc2cc(C3CC3)cnc2OC)[C@H](c2ccccc2C)N1C(=O)[C@@H]1CCCCO1. The Kier molecular flexibility index (Phi) is 9.23. The lowest BCUT2D eigenvalue weighted by atomic mass is 9.73. The Labute approximate surface area is 250 Å². The summed E-state index contributed by atoms with van der Waals surface area (Å²) in [5.41, 5.74) is 3.66. The largest absolute Gasteiger partial charge is 0.481 e. The molecule has 0 spiro atoms. The first-order valence-electron chi connectivity index (χ1n) is 15.5. The predicted octanol–water partition coefficient (Wildman–Crippen LogP) is 5.91. The third kappa shape index (κ3) is 6.20. The number of amides is 1. The first-order chi connectivity index (χ1) is 20.2. The van der Waals surface area contributed by atoms with Gasteiger partial charge in [-0.25, -0.2) is 9.78 Å². The summed E-state index contributed by atoms with van der Waals surface area (Å²) in [6, 6.07) is 8.86. The maximum absolute atomic E-state index is 14.4. The number of methoxy groups -OCH3 is 1. The zero-order valence-electron chi connectivity index (χ0n) is 25.9. The number of hydrogen-bond acceptors (Lipinski definition) is 7. The van der Waals surface area contributed by atoms with E-state index in [9.17, 15) is 9.59 Å². The second-order valence-corrected chi connectivity index (χ2v) is 13.0. The molecule has 8 heteroatoms. The lowest BCUT2D eigenvalue weighted by Gasteiger charge is -2.36. The standard InChI is InChI=1S/C34H46N2O6/c1-7-40-33(38)29-27(34(3,4)5)30(42-20-24-18-23(22-15-16-22)19-35-31(24)39-6)28(25-13-9-8-12-21(25)2)36(29)32(37)26-14-10-11-17-41-26/h8-9,12-13,18-19,22,26-30H,7,10-11,14-17,20H2,1-6H3/t26-,27-,28-,29-,30-/m0/s1. The van der Waals surface area contributed by atoms with Gasteiger partial charge in [0.1, 0.15) is 12.1 Å². The minimum atomic E-state index is -0.824. The van der Waals surface area contributed by atoms with Crippen molar-refractivity contribution in [1.29, 1.82) is 0 Å². The summed E-state index contributed by atoms with van der Waals surface area (Å²) < 4.78 is 24.2. The average molecular weight is 579 g/mol. The Balaban J connectivity index is 1.61. The van der Waals surface area contributed by atoms with Crippen molar-refractivity contribution in [1.82, 2.24) is 9.88 Å². The average Bonchev–Trinajstić information content (AvgIpc) is 3.77. The van der Waals surface area contributed by atoms with E-state index >= 15 is 0 Å². The van der Waals surface area contributed by atoms with Gasteiger partial charge in [-0.2, -0.15) is 0 Å². The van der Waals surface area contributed by atoms with Crippen LogP contribution in [0.3, 0.4) is 0 Å². The number of nitrogens with zero attached hydrogens (tertiary/aromatic N) is 2. The number of aryl methyl sites for hydroxylation is 1. The molecule has 5 atom stereocenters. The molecule has 0 N–H and O–H groups in total. The highest BCUT2D eigenvalue weighted by Gasteiger charge is 2.60. The molecule has 8 nitrogen and oxygen atoms in total. The number of carbonyl (C=O) groups excluding carboxylic acids is 2. The molecule has 1 aliphatic carbocycles. The molecule has 5 rings (SSSR count). The van der Waals surface area contributed by atoms with E-state index in [-0.39, 0.29) is 25.0 Å². The molecular weight excluding hydrogens is 532 g/mol. The maximum Gasteiger partial charge on any atom is 0.329 e. The number of benzene rings is 1. The van der Waals surface area contributed by atoms with Crippen LogP contribution in [0.15, 0.2) is 36.5 Å². The van der Waals surface area contributed by atoms with Gasteiger partial charge >= 0.3 is 5.97 Å². The first-order valence-corrected chi connectivity index (χ1v) is 15.5. The van der Waals surface area contributed by atoms with E-state index in [2.05, 4.69) is 31.8 Å². The second kappa shape index (κ2) is 12.7. The third-order valence-electron chi connectivity index (χ3n) is 8.97. The van der Waals surface area contributed by atoms with Crippen molar-refractivity contribution in [2.75, 3.05) is 20.3 Å². The lowest BCUT2D eigenvalue weighted by Crippen LogP contribution is -2.51. The van der Waals surface area contributed by atoms with Gasteiger partial charge in [-0.3, -0.25) is 4.79 Å². The molecule has 3 aliphatic rings. The van der Waals surface area contributed by atoms with Gasteiger partial charge in [-0.15, -0.1) is 0 Å². The Hall–Kier alpha value is -2.97. The molecule has 2 aromatic rings. The van der Waals surface area contributed by atoms with Gasteiger partial charge in [0, 0.05) is 24.3 Å². The number of rotatable bonds is 9. The molecular formula is C34H46N2O6. The van der Waals surface area contributed by atoms with Gasteiger partial charge in [-0.05, 0) is 80.0 Å². The van der Waals surface area contributed by atoms with Crippen LogP contribution in [0.2, 0.25) is 0 Å². The number of likely N-dealkylation sites (tertiary alicyclic amines) is 1. The molecule has 1 aromatic heterocycles. The fourth-order valence-corrected chi connectivity index (χ4v) is 6.78. The summed E-state index contributed by atoms with van der Waals surface area (Å²) in [7, 11) is 1.62. The van der Waals surface area contributed by atoms with Crippen LogP contribution in [0.25, 0.3) is 0 Å². The highest BCUT2D eigenvalue weighted by Crippen LogP contribution is 2.51. The Morgan fingerprint density at radius 3 is 2.50 bits per heavy atom. The minimum Gasteiger partial charge on any atom is -0.481 e. The van der Waals surface area contributed by atoms with Gasteiger partial charge in [0.25, 0.3) is 5.91 Å². The number of carbonyl (C=O) groups is 2. The van der Waals surface area contributed by atoms with Crippen LogP contribution >= 0.6 is 0 Å². The number of pyridine rings is 1. The van der Waals surface area contributed by atoms with Gasteiger partial charge in [0.2, 0.25) is 5.88 Å². The molecule has 228 valence electrons. The summed E-state index contributed by atoms with van der Waals surface area (Å²) in [5, 5.41) is 0. The summed E-state index contributed by atoms with van der Waals surface area (Å²) >= 11 is 0. The molecule has 0 radical (unpaired) electrons. The molecule has 0 unspecified atom stereocenters. The maximum atomic E-state index is 14.4. The Morgan fingerprint density at radius 1 is 1.12 bits per heavy atom. The Bertz CT molecular complexity index is 1260. The number of hydrogen-bond donors (Lipinski definition) is 0. The van der Waals surface area contributed by atoms with Crippen LogP contribution in [-0.2, 0) is 30.4 Å². The fourth-order valence-electron chi connectivity index (χ4n) is 6.78. The first kappa shape index (κ1) is 30.5. The fraction of sp³-hybridized carbons (Fsp3) is 0.618. The van der Waals surface area contributed by atoms with Gasteiger partial charge < -0.3 is 23.8 Å². The van der Waals surface area contributed by atoms with E-state index in [0.717, 1.165) is 29.5 Å². The van der Waals surface area contributed by atoms with Crippen LogP contribution in [0.1, 0.15) is 94.0 Å². The smallest absolute Gasteiger partial charge is 0.329 e. The molecule has 1 aromatic carbocycles. The quantitative estimate of drug-likeness (QED) is 0.342. The van der Waals surface area contributed by atoms with Crippen LogP contribution in [-0.4, -0.2) is 60.3 Å². The second-order valence-electron chi connectivity index (χ2n) is 13.0. The van der Waals surface area contributed by atoms with Crippen molar-refractivity contribution in [3.63, 3.8) is 0 Å². The van der Waals surface area contributed by atoms with E-state index in [4.69, 9.17) is 18.9 Å². The molecule has 2 aliphatic heterocycles.